The third-order valence-corrected chi connectivity index (χ3v) is 5.09. The van der Waals surface area contributed by atoms with Gasteiger partial charge in [0.1, 0.15) is 5.75 Å². The third-order valence-electron chi connectivity index (χ3n) is 4.35. The van der Waals surface area contributed by atoms with E-state index in [-0.39, 0.29) is 0 Å². The van der Waals surface area contributed by atoms with Crippen molar-refractivity contribution in [2.45, 2.75) is 45.4 Å². The van der Waals surface area contributed by atoms with Gasteiger partial charge in [-0.15, -0.1) is 0 Å². The van der Waals surface area contributed by atoms with E-state index >= 15 is 0 Å². The maximum absolute atomic E-state index is 6.02. The van der Waals surface area contributed by atoms with Gasteiger partial charge < -0.3 is 9.64 Å². The summed E-state index contributed by atoms with van der Waals surface area (Å²) >= 11 is 11.9. The molecule has 0 amide bonds. The number of benzene rings is 1. The summed E-state index contributed by atoms with van der Waals surface area (Å²) in [7, 11) is 0. The maximum Gasteiger partial charge on any atom is 0.120 e. The molecule has 1 aliphatic heterocycles. The second-order valence-electron chi connectivity index (χ2n) is 6.23. The minimum atomic E-state index is 0.553. The molecule has 2 rings (SSSR count). The first-order chi connectivity index (χ1) is 10.7. The van der Waals surface area contributed by atoms with E-state index < -0.39 is 0 Å². The SMILES string of the molecule is CCCC(CCOc1ccc(Cl)c(Cl)c1)CN1CCCCC1. The molecule has 0 N–H and O–H groups in total. The van der Waals surface area contributed by atoms with Crippen LogP contribution in [0.15, 0.2) is 18.2 Å². The van der Waals surface area contributed by atoms with Crippen LogP contribution in [0.5, 0.6) is 5.75 Å². The molecule has 1 aromatic rings. The summed E-state index contributed by atoms with van der Waals surface area (Å²) in [5.41, 5.74) is 0. The molecule has 1 unspecified atom stereocenters. The molecule has 0 radical (unpaired) electrons. The summed E-state index contributed by atoms with van der Waals surface area (Å²) in [6.07, 6.45) is 7.74. The molecule has 22 heavy (non-hydrogen) atoms. The van der Waals surface area contributed by atoms with Gasteiger partial charge in [0.2, 0.25) is 0 Å². The molecule has 1 fully saturated rings. The molecule has 2 nitrogen and oxygen atoms in total. The lowest BCUT2D eigenvalue weighted by molar-refractivity contribution is 0.171. The fraction of sp³-hybridized carbons (Fsp3) is 0.667. The van der Waals surface area contributed by atoms with Crippen LogP contribution in [-0.4, -0.2) is 31.1 Å². The van der Waals surface area contributed by atoms with E-state index in [9.17, 15) is 0 Å². The summed E-state index contributed by atoms with van der Waals surface area (Å²) < 4.78 is 5.85. The third kappa shape index (κ3) is 5.98. The van der Waals surface area contributed by atoms with Crippen molar-refractivity contribution < 1.29 is 4.74 Å². The molecule has 0 spiro atoms. The molecular weight excluding hydrogens is 317 g/mol. The predicted molar refractivity (Wildman–Crippen MR) is 95.3 cm³/mol. The van der Waals surface area contributed by atoms with Gasteiger partial charge in [-0.1, -0.05) is 43.0 Å². The van der Waals surface area contributed by atoms with Crippen molar-refractivity contribution in [3.05, 3.63) is 28.2 Å². The number of piperidine rings is 1. The molecule has 1 heterocycles. The standard InChI is InChI=1S/C18H27Cl2NO/c1-2-6-15(14-21-10-4-3-5-11-21)9-12-22-16-7-8-17(19)18(20)13-16/h7-8,13,15H,2-6,9-12,14H2,1H3. The lowest BCUT2D eigenvalue weighted by Crippen LogP contribution is -2.34. The second kappa shape index (κ2) is 9.64. The van der Waals surface area contributed by atoms with Gasteiger partial charge in [-0.25, -0.2) is 0 Å². The Morgan fingerprint density at radius 3 is 2.55 bits per heavy atom. The molecule has 0 aliphatic carbocycles. The van der Waals surface area contributed by atoms with Crippen LogP contribution in [0.25, 0.3) is 0 Å². The number of hydrogen-bond donors (Lipinski definition) is 0. The average Bonchev–Trinajstić information content (AvgIpc) is 2.52. The number of hydrogen-bond acceptors (Lipinski definition) is 2. The van der Waals surface area contributed by atoms with E-state index in [1.165, 1.54) is 51.7 Å². The van der Waals surface area contributed by atoms with Gasteiger partial charge in [-0.3, -0.25) is 0 Å². The first-order valence-electron chi connectivity index (χ1n) is 8.49. The van der Waals surface area contributed by atoms with Gasteiger partial charge in [0.25, 0.3) is 0 Å². The fourth-order valence-corrected chi connectivity index (χ4v) is 3.44. The highest BCUT2D eigenvalue weighted by Gasteiger charge is 2.16. The maximum atomic E-state index is 6.02. The predicted octanol–water partition coefficient (Wildman–Crippen LogP) is 5.66. The second-order valence-corrected chi connectivity index (χ2v) is 7.04. The normalized spacial score (nSPS) is 17.4. The van der Waals surface area contributed by atoms with Gasteiger partial charge in [-0.05, 0) is 56.8 Å². The van der Waals surface area contributed by atoms with Crippen molar-refractivity contribution >= 4 is 23.2 Å². The number of likely N-dealkylation sites (tertiary alicyclic amines) is 1. The van der Waals surface area contributed by atoms with Crippen molar-refractivity contribution in [1.82, 2.24) is 4.90 Å². The molecule has 124 valence electrons. The smallest absolute Gasteiger partial charge is 0.120 e. The van der Waals surface area contributed by atoms with Crippen molar-refractivity contribution in [2.24, 2.45) is 5.92 Å². The number of ether oxygens (including phenoxy) is 1. The van der Waals surface area contributed by atoms with Gasteiger partial charge >= 0.3 is 0 Å². The number of halogens is 2. The molecular formula is C18H27Cl2NO. The van der Waals surface area contributed by atoms with E-state index in [0.717, 1.165) is 24.7 Å². The van der Waals surface area contributed by atoms with Crippen LogP contribution in [0, 0.1) is 5.92 Å². The van der Waals surface area contributed by atoms with Crippen LogP contribution in [-0.2, 0) is 0 Å². The van der Waals surface area contributed by atoms with Crippen molar-refractivity contribution in [1.29, 1.82) is 0 Å². The van der Waals surface area contributed by atoms with Crippen LogP contribution in [0.4, 0.5) is 0 Å². The lowest BCUT2D eigenvalue weighted by Gasteiger charge is -2.30. The van der Waals surface area contributed by atoms with E-state index in [2.05, 4.69) is 11.8 Å². The zero-order chi connectivity index (χ0) is 15.8. The summed E-state index contributed by atoms with van der Waals surface area (Å²) in [4.78, 5) is 2.63. The Kier molecular flexibility index (Phi) is 7.85. The van der Waals surface area contributed by atoms with Gasteiger partial charge in [0.15, 0.2) is 0 Å². The van der Waals surface area contributed by atoms with E-state index in [0.29, 0.717) is 10.0 Å². The molecule has 4 heteroatoms. The van der Waals surface area contributed by atoms with Crippen molar-refractivity contribution in [3.63, 3.8) is 0 Å². The molecule has 0 saturated carbocycles. The Labute approximate surface area is 144 Å². The summed E-state index contributed by atoms with van der Waals surface area (Å²) in [6.45, 7) is 6.78. The van der Waals surface area contributed by atoms with E-state index in [4.69, 9.17) is 27.9 Å². The molecule has 1 aromatic carbocycles. The van der Waals surface area contributed by atoms with Crippen LogP contribution in [0.3, 0.4) is 0 Å². The summed E-state index contributed by atoms with van der Waals surface area (Å²) in [5.74, 6) is 1.54. The van der Waals surface area contributed by atoms with Crippen molar-refractivity contribution in [3.8, 4) is 5.75 Å². The minimum Gasteiger partial charge on any atom is -0.494 e. The average molecular weight is 344 g/mol. The quantitative estimate of drug-likeness (QED) is 0.603. The number of nitrogens with zero attached hydrogens (tertiary/aromatic N) is 1. The van der Waals surface area contributed by atoms with Crippen molar-refractivity contribution in [2.75, 3.05) is 26.2 Å². The molecule has 1 aliphatic rings. The highest BCUT2D eigenvalue weighted by atomic mass is 35.5. The lowest BCUT2D eigenvalue weighted by atomic mass is 9.98. The first kappa shape index (κ1) is 17.9. The van der Waals surface area contributed by atoms with E-state index in [1.54, 1.807) is 12.1 Å². The fourth-order valence-electron chi connectivity index (χ4n) is 3.15. The molecule has 1 saturated heterocycles. The monoisotopic (exact) mass is 343 g/mol. The zero-order valence-electron chi connectivity index (χ0n) is 13.5. The largest absolute Gasteiger partial charge is 0.494 e. The topological polar surface area (TPSA) is 12.5 Å². The highest BCUT2D eigenvalue weighted by molar-refractivity contribution is 6.42. The summed E-state index contributed by atoms with van der Waals surface area (Å²) in [5, 5.41) is 1.13. The van der Waals surface area contributed by atoms with Gasteiger partial charge in [-0.2, -0.15) is 0 Å². The molecule has 0 bridgehead atoms. The zero-order valence-corrected chi connectivity index (χ0v) is 15.0. The Hall–Kier alpha value is -0.440. The Balaban J connectivity index is 1.76. The Morgan fingerprint density at radius 1 is 1.09 bits per heavy atom. The van der Waals surface area contributed by atoms with Crippen LogP contribution >= 0.6 is 23.2 Å². The van der Waals surface area contributed by atoms with Gasteiger partial charge in [0, 0.05) is 12.6 Å². The number of rotatable bonds is 8. The van der Waals surface area contributed by atoms with Crippen LogP contribution in [0.2, 0.25) is 10.0 Å². The first-order valence-corrected chi connectivity index (χ1v) is 9.25. The molecule has 1 atom stereocenters. The van der Waals surface area contributed by atoms with Gasteiger partial charge in [0.05, 0.1) is 16.7 Å². The summed E-state index contributed by atoms with van der Waals surface area (Å²) in [6, 6.07) is 5.47. The molecule has 0 aromatic heterocycles. The minimum absolute atomic E-state index is 0.553. The Bertz CT molecular complexity index is 447. The van der Waals surface area contributed by atoms with E-state index in [1.807, 2.05) is 6.07 Å². The van der Waals surface area contributed by atoms with Crippen LogP contribution in [0.1, 0.15) is 45.4 Å². The van der Waals surface area contributed by atoms with Crippen LogP contribution < -0.4 is 4.74 Å². The Morgan fingerprint density at radius 2 is 1.86 bits per heavy atom. The highest BCUT2D eigenvalue weighted by Crippen LogP contribution is 2.26.